The first-order valence-corrected chi connectivity index (χ1v) is 14.2. The van der Waals surface area contributed by atoms with Crippen LogP contribution in [0.1, 0.15) is 163 Å². The van der Waals surface area contributed by atoms with Crippen LogP contribution < -0.4 is 0 Å². The van der Waals surface area contributed by atoms with Crippen molar-refractivity contribution in [2.45, 2.75) is 169 Å². The Bertz CT molecular complexity index is 400. The number of esters is 1. The second-order valence-corrected chi connectivity index (χ2v) is 11.2. The first kappa shape index (κ1) is 31.4. The molecule has 192 valence electrons. The summed E-state index contributed by atoms with van der Waals surface area (Å²) in [6.07, 6.45) is 26.6. The fourth-order valence-electron chi connectivity index (χ4n) is 4.42. The third kappa shape index (κ3) is 24.1. The Labute approximate surface area is 201 Å². The molecule has 1 N–H and O–H groups in total. The first-order chi connectivity index (χ1) is 15.4. The summed E-state index contributed by atoms with van der Waals surface area (Å²) in [5.41, 5.74) is 0.0565. The highest BCUT2D eigenvalue weighted by Crippen LogP contribution is 2.22. The normalized spacial score (nSPS) is 12.8. The largest absolute Gasteiger partial charge is 0.460 e. The highest BCUT2D eigenvalue weighted by molar-refractivity contribution is 5.69. The predicted molar refractivity (Wildman–Crippen MR) is 139 cm³/mol. The van der Waals surface area contributed by atoms with Gasteiger partial charge in [-0.15, -0.1) is 0 Å². The Hall–Kier alpha value is -0.570. The van der Waals surface area contributed by atoms with Crippen LogP contribution in [-0.4, -0.2) is 23.8 Å². The molecule has 3 heteroatoms. The van der Waals surface area contributed by atoms with Crippen molar-refractivity contribution in [3.8, 4) is 0 Å². The zero-order valence-electron chi connectivity index (χ0n) is 22.4. The molecule has 3 nitrogen and oxygen atoms in total. The van der Waals surface area contributed by atoms with Crippen LogP contribution in [0.15, 0.2) is 0 Å². The molecule has 1 atom stereocenters. The Morgan fingerprint density at radius 3 is 1.31 bits per heavy atom. The van der Waals surface area contributed by atoms with Crippen molar-refractivity contribution < 1.29 is 14.6 Å². The van der Waals surface area contributed by atoms with Gasteiger partial charge in [0.1, 0.15) is 6.10 Å². The van der Waals surface area contributed by atoms with Crippen molar-refractivity contribution in [3.05, 3.63) is 0 Å². The van der Waals surface area contributed by atoms with E-state index in [1.54, 1.807) is 0 Å². The van der Waals surface area contributed by atoms with Gasteiger partial charge in [-0.25, -0.2) is 0 Å². The number of carbonyl (C=O) groups is 1. The van der Waals surface area contributed by atoms with Gasteiger partial charge in [0.15, 0.2) is 0 Å². The minimum absolute atomic E-state index is 0.0565. The summed E-state index contributed by atoms with van der Waals surface area (Å²) in [4.78, 5) is 11.9. The van der Waals surface area contributed by atoms with Crippen molar-refractivity contribution in [2.75, 3.05) is 6.61 Å². The monoisotopic (exact) mass is 454 g/mol. The lowest BCUT2D eigenvalue weighted by Gasteiger charge is -2.24. The minimum Gasteiger partial charge on any atom is -0.460 e. The van der Waals surface area contributed by atoms with Crippen LogP contribution in [0.4, 0.5) is 0 Å². The molecule has 0 aliphatic rings. The summed E-state index contributed by atoms with van der Waals surface area (Å²) in [6, 6.07) is 0. The van der Waals surface area contributed by atoms with Crippen LogP contribution in [0, 0.1) is 5.41 Å². The average molecular weight is 455 g/mol. The molecule has 0 spiro atoms. The number of carbonyl (C=O) groups excluding carboxylic acids is 1. The van der Waals surface area contributed by atoms with Crippen LogP contribution in [0.5, 0.6) is 0 Å². The SMILES string of the molecule is CCCCCCCCCCCCCCCCCCCCCC(=O)OC(CO)CC(C)(C)C. The van der Waals surface area contributed by atoms with Gasteiger partial charge in [-0.3, -0.25) is 4.79 Å². The molecular formula is C29H58O3. The van der Waals surface area contributed by atoms with E-state index in [2.05, 4.69) is 27.7 Å². The van der Waals surface area contributed by atoms with Crippen LogP contribution in [-0.2, 0) is 9.53 Å². The number of rotatable bonds is 23. The van der Waals surface area contributed by atoms with E-state index < -0.39 is 0 Å². The van der Waals surface area contributed by atoms with Gasteiger partial charge in [0.25, 0.3) is 0 Å². The summed E-state index contributed by atoms with van der Waals surface area (Å²) in [6.45, 7) is 8.50. The summed E-state index contributed by atoms with van der Waals surface area (Å²) in [5, 5.41) is 9.40. The summed E-state index contributed by atoms with van der Waals surface area (Å²) in [7, 11) is 0. The topological polar surface area (TPSA) is 46.5 Å². The lowest BCUT2D eigenvalue weighted by molar-refractivity contribution is -0.152. The number of aliphatic hydroxyl groups is 1. The van der Waals surface area contributed by atoms with Gasteiger partial charge in [0.2, 0.25) is 0 Å². The third-order valence-electron chi connectivity index (χ3n) is 6.33. The van der Waals surface area contributed by atoms with Gasteiger partial charge in [-0.1, -0.05) is 143 Å². The number of ether oxygens (including phenoxy) is 1. The number of hydrogen-bond acceptors (Lipinski definition) is 3. The zero-order valence-corrected chi connectivity index (χ0v) is 22.4. The van der Waals surface area contributed by atoms with E-state index in [1.165, 1.54) is 109 Å². The van der Waals surface area contributed by atoms with E-state index in [1.807, 2.05) is 0 Å². The maximum Gasteiger partial charge on any atom is 0.306 e. The van der Waals surface area contributed by atoms with Gasteiger partial charge in [0.05, 0.1) is 6.61 Å². The molecule has 0 saturated carbocycles. The quantitative estimate of drug-likeness (QED) is 0.124. The lowest BCUT2D eigenvalue weighted by Crippen LogP contribution is -2.27. The lowest BCUT2D eigenvalue weighted by atomic mass is 9.89. The molecule has 0 aromatic heterocycles. The smallest absolute Gasteiger partial charge is 0.306 e. The highest BCUT2D eigenvalue weighted by Gasteiger charge is 2.21. The molecule has 32 heavy (non-hydrogen) atoms. The van der Waals surface area contributed by atoms with Crippen LogP contribution in [0.25, 0.3) is 0 Å². The average Bonchev–Trinajstić information content (AvgIpc) is 2.74. The Kier molecular flexibility index (Phi) is 21.8. The van der Waals surface area contributed by atoms with Crippen molar-refractivity contribution in [1.82, 2.24) is 0 Å². The molecule has 0 fully saturated rings. The Morgan fingerprint density at radius 2 is 1.00 bits per heavy atom. The third-order valence-corrected chi connectivity index (χ3v) is 6.33. The molecule has 0 aromatic rings. The van der Waals surface area contributed by atoms with Crippen molar-refractivity contribution in [3.63, 3.8) is 0 Å². The maximum atomic E-state index is 11.9. The Balaban J connectivity index is 3.30. The van der Waals surface area contributed by atoms with Crippen molar-refractivity contribution in [2.24, 2.45) is 5.41 Å². The molecule has 0 rings (SSSR count). The summed E-state index contributed by atoms with van der Waals surface area (Å²) in [5.74, 6) is -0.153. The Morgan fingerprint density at radius 1 is 0.656 bits per heavy atom. The molecule has 0 aliphatic heterocycles. The van der Waals surface area contributed by atoms with E-state index in [9.17, 15) is 9.90 Å². The van der Waals surface area contributed by atoms with Crippen LogP contribution in [0.2, 0.25) is 0 Å². The second kappa shape index (κ2) is 22.2. The number of aliphatic hydroxyl groups excluding tert-OH is 1. The number of unbranched alkanes of at least 4 members (excludes halogenated alkanes) is 18. The summed E-state index contributed by atoms with van der Waals surface area (Å²) < 4.78 is 5.42. The van der Waals surface area contributed by atoms with Gasteiger partial charge in [0, 0.05) is 6.42 Å². The van der Waals surface area contributed by atoms with E-state index in [-0.39, 0.29) is 24.1 Å². The highest BCUT2D eigenvalue weighted by atomic mass is 16.5. The van der Waals surface area contributed by atoms with Crippen molar-refractivity contribution >= 4 is 5.97 Å². The zero-order chi connectivity index (χ0) is 23.9. The van der Waals surface area contributed by atoms with E-state index in [0.29, 0.717) is 12.8 Å². The van der Waals surface area contributed by atoms with E-state index in [0.717, 1.165) is 12.8 Å². The number of hydrogen-bond donors (Lipinski definition) is 1. The van der Waals surface area contributed by atoms with Gasteiger partial charge in [-0.05, 0) is 18.3 Å². The molecule has 0 saturated heterocycles. The predicted octanol–water partition coefficient (Wildman–Crippen LogP) is 9.15. The fraction of sp³-hybridized carbons (Fsp3) is 0.966. The van der Waals surface area contributed by atoms with Crippen LogP contribution >= 0.6 is 0 Å². The van der Waals surface area contributed by atoms with E-state index >= 15 is 0 Å². The molecule has 0 aliphatic carbocycles. The molecule has 1 unspecified atom stereocenters. The molecule has 0 aromatic carbocycles. The van der Waals surface area contributed by atoms with Gasteiger partial charge < -0.3 is 9.84 Å². The van der Waals surface area contributed by atoms with Crippen molar-refractivity contribution in [1.29, 1.82) is 0 Å². The maximum absolute atomic E-state index is 11.9. The minimum atomic E-state index is -0.358. The molecule has 0 bridgehead atoms. The molecule has 0 heterocycles. The second-order valence-electron chi connectivity index (χ2n) is 11.2. The van der Waals surface area contributed by atoms with Crippen LogP contribution in [0.3, 0.4) is 0 Å². The standard InChI is InChI=1S/C29H58O3/c1-5-6-7-8-9-10-11-12-13-14-15-16-17-18-19-20-21-22-23-24-28(31)32-27(26-30)25-29(2,3)4/h27,30H,5-26H2,1-4H3. The first-order valence-electron chi connectivity index (χ1n) is 14.2. The molecule has 0 amide bonds. The van der Waals surface area contributed by atoms with E-state index in [4.69, 9.17) is 4.74 Å². The van der Waals surface area contributed by atoms with Gasteiger partial charge in [-0.2, -0.15) is 0 Å². The summed E-state index contributed by atoms with van der Waals surface area (Å²) >= 11 is 0. The van der Waals surface area contributed by atoms with Gasteiger partial charge >= 0.3 is 5.97 Å². The fourth-order valence-corrected chi connectivity index (χ4v) is 4.42. The molecular weight excluding hydrogens is 396 g/mol. The molecule has 0 radical (unpaired) electrons.